The van der Waals surface area contributed by atoms with Crippen LogP contribution in [0.25, 0.3) is 11.4 Å². The van der Waals surface area contributed by atoms with E-state index in [0.717, 1.165) is 11.3 Å². The monoisotopic (exact) mass is 454 g/mol. The first kappa shape index (κ1) is 20.1. The lowest BCUT2D eigenvalue weighted by Gasteiger charge is -2.38. The van der Waals surface area contributed by atoms with Crippen LogP contribution in [-0.2, 0) is 4.79 Å². The smallest absolute Gasteiger partial charge is 0.226 e. The van der Waals surface area contributed by atoms with Gasteiger partial charge in [0.15, 0.2) is 11.6 Å². The van der Waals surface area contributed by atoms with E-state index in [1.807, 2.05) is 6.07 Å². The molecule has 0 amide bonds. The van der Waals surface area contributed by atoms with Crippen molar-refractivity contribution in [3.05, 3.63) is 69.3 Å². The minimum atomic E-state index is -0.491. The van der Waals surface area contributed by atoms with Gasteiger partial charge in [0.25, 0.3) is 0 Å². The zero-order valence-corrected chi connectivity index (χ0v) is 18.5. The van der Waals surface area contributed by atoms with Crippen LogP contribution in [0.2, 0.25) is 10.0 Å². The van der Waals surface area contributed by atoms with Gasteiger partial charge in [0.05, 0.1) is 5.02 Å². The average Bonchev–Trinajstić information content (AvgIpc) is 3.08. The molecular formula is C23H20Cl2N4O2. The number of halogens is 2. The summed E-state index contributed by atoms with van der Waals surface area (Å²) in [4.78, 5) is 17.9. The predicted octanol–water partition coefficient (Wildman–Crippen LogP) is 5.62. The van der Waals surface area contributed by atoms with Gasteiger partial charge in [0.2, 0.25) is 5.95 Å². The number of aromatic nitrogens is 3. The molecule has 1 aliphatic heterocycles. The zero-order valence-electron chi connectivity index (χ0n) is 17.0. The summed E-state index contributed by atoms with van der Waals surface area (Å²) in [7, 11) is 0. The second kappa shape index (κ2) is 7.11. The summed E-state index contributed by atoms with van der Waals surface area (Å²) in [5.41, 5.74) is 2.77. The molecule has 1 unspecified atom stereocenters. The summed E-state index contributed by atoms with van der Waals surface area (Å²) in [6.45, 7) is 4.16. The van der Waals surface area contributed by atoms with Crippen molar-refractivity contribution in [2.45, 2.75) is 32.7 Å². The van der Waals surface area contributed by atoms with Crippen molar-refractivity contribution in [1.29, 1.82) is 0 Å². The number of hydrogen-bond donors (Lipinski definition) is 2. The van der Waals surface area contributed by atoms with Crippen LogP contribution in [0.5, 0.6) is 5.75 Å². The molecule has 158 valence electrons. The lowest BCUT2D eigenvalue weighted by molar-refractivity contribution is -0.118. The summed E-state index contributed by atoms with van der Waals surface area (Å²) in [6.07, 6.45) is 1.16. The molecule has 2 aliphatic rings. The fourth-order valence-electron chi connectivity index (χ4n) is 4.40. The molecule has 0 radical (unpaired) electrons. The van der Waals surface area contributed by atoms with E-state index in [4.69, 9.17) is 28.3 Å². The van der Waals surface area contributed by atoms with Crippen molar-refractivity contribution >= 4 is 34.9 Å². The molecule has 1 aromatic heterocycles. The molecule has 3 aromatic rings. The fourth-order valence-corrected chi connectivity index (χ4v) is 4.89. The third-order valence-electron chi connectivity index (χ3n) is 5.69. The molecule has 31 heavy (non-hydrogen) atoms. The van der Waals surface area contributed by atoms with Crippen molar-refractivity contribution in [3.8, 4) is 17.1 Å². The Bertz CT molecular complexity index is 1260. The van der Waals surface area contributed by atoms with Gasteiger partial charge in [-0.15, -0.1) is 5.10 Å². The number of aromatic hydroxyl groups is 1. The number of benzene rings is 2. The Balaban J connectivity index is 1.70. The maximum atomic E-state index is 13.2. The molecule has 0 fully saturated rings. The second-order valence-corrected chi connectivity index (χ2v) is 9.63. The first-order valence-corrected chi connectivity index (χ1v) is 10.7. The molecule has 0 saturated heterocycles. The van der Waals surface area contributed by atoms with Gasteiger partial charge in [0, 0.05) is 28.3 Å². The number of fused-ring (bicyclic) bond motifs is 1. The molecule has 2 aromatic carbocycles. The van der Waals surface area contributed by atoms with Crippen molar-refractivity contribution in [2.75, 3.05) is 5.32 Å². The van der Waals surface area contributed by atoms with E-state index in [9.17, 15) is 9.90 Å². The number of hydrogen-bond acceptors (Lipinski definition) is 5. The van der Waals surface area contributed by atoms with E-state index in [-0.39, 0.29) is 16.9 Å². The van der Waals surface area contributed by atoms with E-state index >= 15 is 0 Å². The molecule has 8 heteroatoms. The van der Waals surface area contributed by atoms with Crippen LogP contribution in [0, 0.1) is 5.41 Å². The highest BCUT2D eigenvalue weighted by molar-refractivity contribution is 6.36. The Morgan fingerprint density at radius 2 is 1.97 bits per heavy atom. The van der Waals surface area contributed by atoms with Gasteiger partial charge in [-0.05, 0) is 47.7 Å². The maximum Gasteiger partial charge on any atom is 0.226 e. The number of carbonyl (C=O) groups excluding carboxylic acids is 1. The van der Waals surface area contributed by atoms with Gasteiger partial charge in [0.1, 0.15) is 11.8 Å². The number of allylic oxidation sites excluding steroid dienone is 2. The summed E-state index contributed by atoms with van der Waals surface area (Å²) in [5.74, 6) is 1.16. The van der Waals surface area contributed by atoms with E-state index in [0.29, 0.717) is 45.8 Å². The fraction of sp³-hybridized carbons (Fsp3) is 0.261. The van der Waals surface area contributed by atoms with Crippen LogP contribution in [0.1, 0.15) is 38.3 Å². The lowest BCUT2D eigenvalue weighted by Crippen LogP contribution is -2.36. The van der Waals surface area contributed by atoms with Crippen molar-refractivity contribution in [1.82, 2.24) is 14.8 Å². The minimum absolute atomic E-state index is 0.0688. The number of nitrogens with zero attached hydrogens (tertiary/aromatic N) is 3. The third-order valence-corrected chi connectivity index (χ3v) is 6.24. The second-order valence-electron chi connectivity index (χ2n) is 8.78. The van der Waals surface area contributed by atoms with Crippen LogP contribution in [0.3, 0.4) is 0 Å². The molecule has 0 saturated carbocycles. The summed E-state index contributed by atoms with van der Waals surface area (Å²) < 4.78 is 1.70. The largest absolute Gasteiger partial charge is 0.508 e. The lowest BCUT2D eigenvalue weighted by atomic mass is 9.73. The Labute approximate surface area is 189 Å². The number of nitrogens with one attached hydrogen (secondary N) is 1. The summed E-state index contributed by atoms with van der Waals surface area (Å²) >= 11 is 12.4. The molecule has 1 aliphatic carbocycles. The molecular weight excluding hydrogens is 435 g/mol. The van der Waals surface area contributed by atoms with Crippen molar-refractivity contribution in [3.63, 3.8) is 0 Å². The highest BCUT2D eigenvalue weighted by atomic mass is 35.5. The Morgan fingerprint density at radius 1 is 1.16 bits per heavy atom. The Hall–Kier alpha value is -2.83. The van der Waals surface area contributed by atoms with Gasteiger partial charge in [-0.25, -0.2) is 4.68 Å². The molecule has 0 bridgehead atoms. The van der Waals surface area contributed by atoms with E-state index in [1.54, 1.807) is 41.1 Å². The summed E-state index contributed by atoms with van der Waals surface area (Å²) in [5, 5.41) is 19.1. The van der Waals surface area contributed by atoms with Crippen LogP contribution in [-0.4, -0.2) is 25.7 Å². The van der Waals surface area contributed by atoms with E-state index < -0.39 is 6.04 Å². The Kier molecular flexibility index (Phi) is 4.61. The molecule has 2 heterocycles. The van der Waals surface area contributed by atoms with Gasteiger partial charge < -0.3 is 10.4 Å². The number of Topliss-reactive ketones (excluding diaryl/α,β-unsaturated/α-hetero) is 1. The molecule has 6 nitrogen and oxygen atoms in total. The number of phenolic OH excluding ortho intramolecular Hbond substituents is 1. The van der Waals surface area contributed by atoms with E-state index in [1.165, 1.54) is 0 Å². The van der Waals surface area contributed by atoms with Gasteiger partial charge in [-0.1, -0.05) is 49.2 Å². The predicted molar refractivity (Wildman–Crippen MR) is 120 cm³/mol. The van der Waals surface area contributed by atoms with Gasteiger partial charge in [-0.3, -0.25) is 4.79 Å². The highest BCUT2D eigenvalue weighted by Gasteiger charge is 2.42. The third kappa shape index (κ3) is 3.50. The first-order chi connectivity index (χ1) is 14.7. The molecule has 1 atom stereocenters. The normalized spacial score (nSPS) is 19.6. The number of carbonyl (C=O) groups is 1. The van der Waals surface area contributed by atoms with Crippen molar-refractivity contribution in [2.24, 2.45) is 5.41 Å². The van der Waals surface area contributed by atoms with Crippen LogP contribution in [0.4, 0.5) is 5.95 Å². The van der Waals surface area contributed by atoms with Crippen LogP contribution < -0.4 is 5.32 Å². The van der Waals surface area contributed by atoms with E-state index in [2.05, 4.69) is 24.1 Å². The first-order valence-electron chi connectivity index (χ1n) is 9.96. The molecule has 2 N–H and O–H groups in total. The van der Waals surface area contributed by atoms with Gasteiger partial charge in [-0.2, -0.15) is 4.98 Å². The number of rotatable bonds is 2. The van der Waals surface area contributed by atoms with Crippen molar-refractivity contribution < 1.29 is 9.90 Å². The minimum Gasteiger partial charge on any atom is -0.508 e. The maximum absolute atomic E-state index is 13.2. The van der Waals surface area contributed by atoms with Crippen LogP contribution >= 0.6 is 23.2 Å². The highest BCUT2D eigenvalue weighted by Crippen LogP contribution is 2.46. The summed E-state index contributed by atoms with van der Waals surface area (Å²) in [6, 6.07) is 11.6. The quantitative estimate of drug-likeness (QED) is 0.525. The average molecular weight is 455 g/mol. The van der Waals surface area contributed by atoms with Crippen LogP contribution in [0.15, 0.2) is 53.7 Å². The molecule has 0 spiro atoms. The Morgan fingerprint density at radius 3 is 2.71 bits per heavy atom. The molecule has 5 rings (SSSR count). The number of anilines is 1. The SMILES string of the molecule is CC1(C)CC(=O)C2=C(C1)Nc1nc(-c3ccc(Cl)cc3Cl)nn1C2c1cccc(O)c1. The zero-order chi connectivity index (χ0) is 21.9. The van der Waals surface area contributed by atoms with Gasteiger partial charge >= 0.3 is 0 Å². The number of ketones is 1. The topological polar surface area (TPSA) is 80.0 Å². The number of phenols is 1. The standard InChI is InChI=1S/C23H20Cl2N4O2/c1-23(2)10-17-19(18(31)11-23)20(12-4-3-5-14(30)8-12)29-22(26-17)27-21(28-29)15-7-6-13(24)9-16(15)25/h3-9,20,30H,10-11H2,1-2H3,(H,26,27,28).